The Hall–Kier alpha value is -1.07. The van der Waals surface area contributed by atoms with Crippen molar-refractivity contribution in [2.75, 3.05) is 13.2 Å². The number of aliphatic hydroxyl groups is 2. The highest BCUT2D eigenvalue weighted by atomic mass is 16.6. The van der Waals surface area contributed by atoms with Crippen LogP contribution in [0.4, 0.5) is 4.79 Å². The van der Waals surface area contributed by atoms with Crippen molar-refractivity contribution < 1.29 is 19.7 Å². The molecule has 3 unspecified atom stereocenters. The van der Waals surface area contributed by atoms with Gasteiger partial charge < -0.3 is 14.9 Å². The Labute approximate surface area is 93.3 Å². The number of hydrogen-bond donors (Lipinski definition) is 2. The maximum Gasteiger partial charge on any atom is 0.410 e. The second-order valence-corrected chi connectivity index (χ2v) is 4.64. The summed E-state index contributed by atoms with van der Waals surface area (Å²) in [4.78, 5) is 13.1. The normalized spacial score (nSPS) is 38.2. The van der Waals surface area contributed by atoms with Crippen molar-refractivity contribution in [1.82, 2.24) is 4.90 Å². The third-order valence-corrected chi connectivity index (χ3v) is 3.84. The summed E-state index contributed by atoms with van der Waals surface area (Å²) in [7, 11) is 0. The van der Waals surface area contributed by atoms with Crippen LogP contribution in [0.25, 0.3) is 0 Å². The highest BCUT2D eigenvalue weighted by molar-refractivity contribution is 5.71. The number of carbonyl (C=O) groups is 1. The van der Waals surface area contributed by atoms with Gasteiger partial charge in [-0.25, -0.2) is 4.79 Å². The first kappa shape index (κ1) is 10.1. The van der Waals surface area contributed by atoms with Crippen LogP contribution in [-0.4, -0.2) is 52.6 Å². The monoisotopic (exact) mass is 225 g/mol. The van der Waals surface area contributed by atoms with E-state index in [9.17, 15) is 15.0 Å². The van der Waals surface area contributed by atoms with Crippen LogP contribution in [0.15, 0.2) is 11.1 Å². The van der Waals surface area contributed by atoms with Gasteiger partial charge in [0, 0.05) is 6.54 Å². The molecule has 3 aliphatic rings. The minimum atomic E-state index is -0.749. The molecule has 0 aromatic rings. The molecule has 0 aromatic heterocycles. The Morgan fingerprint density at radius 2 is 2.06 bits per heavy atom. The molecule has 0 aromatic carbocycles. The van der Waals surface area contributed by atoms with Crippen molar-refractivity contribution in [3.8, 4) is 0 Å². The largest absolute Gasteiger partial charge is 0.447 e. The molecule has 1 saturated heterocycles. The summed E-state index contributed by atoms with van der Waals surface area (Å²) in [6, 6.07) is -0.00148. The van der Waals surface area contributed by atoms with Gasteiger partial charge in [-0.15, -0.1) is 0 Å². The standard InChI is InChI=1S/C11H15NO4/c13-9-2-1-6-7(10(9)14)3-4-12-8(6)5-16-11(12)15/h8-10,13-14H,1-5H2. The molecule has 2 heterocycles. The smallest absolute Gasteiger partial charge is 0.410 e. The third kappa shape index (κ3) is 1.28. The van der Waals surface area contributed by atoms with Crippen molar-refractivity contribution in [2.45, 2.75) is 37.5 Å². The second-order valence-electron chi connectivity index (χ2n) is 4.64. The van der Waals surface area contributed by atoms with Gasteiger partial charge in [-0.2, -0.15) is 0 Å². The van der Waals surface area contributed by atoms with Gasteiger partial charge >= 0.3 is 6.09 Å². The van der Waals surface area contributed by atoms with Crippen LogP contribution in [0.5, 0.6) is 0 Å². The van der Waals surface area contributed by atoms with Gasteiger partial charge in [0.25, 0.3) is 0 Å². The zero-order chi connectivity index (χ0) is 11.3. The molecule has 3 rings (SSSR count). The van der Waals surface area contributed by atoms with E-state index in [0.29, 0.717) is 26.0 Å². The van der Waals surface area contributed by atoms with E-state index in [2.05, 4.69) is 0 Å². The number of aliphatic hydroxyl groups excluding tert-OH is 2. The van der Waals surface area contributed by atoms with Gasteiger partial charge in [0.05, 0.1) is 12.1 Å². The first-order valence-electron chi connectivity index (χ1n) is 5.70. The zero-order valence-corrected chi connectivity index (χ0v) is 8.93. The number of hydrogen-bond acceptors (Lipinski definition) is 4. The fourth-order valence-electron chi connectivity index (χ4n) is 2.96. The van der Waals surface area contributed by atoms with Crippen LogP contribution < -0.4 is 0 Å². The molecular formula is C11H15NO4. The Balaban J connectivity index is 1.95. The predicted octanol–water partition coefficient (Wildman–Crippen LogP) is 0.0231. The molecule has 0 radical (unpaired) electrons. The molecule has 88 valence electrons. The molecule has 1 amide bonds. The average molecular weight is 225 g/mol. The molecule has 5 heteroatoms. The van der Waals surface area contributed by atoms with Crippen molar-refractivity contribution in [2.24, 2.45) is 0 Å². The van der Waals surface area contributed by atoms with E-state index in [1.165, 1.54) is 0 Å². The lowest BCUT2D eigenvalue weighted by molar-refractivity contribution is 0.0223. The lowest BCUT2D eigenvalue weighted by atomic mass is 9.80. The summed E-state index contributed by atoms with van der Waals surface area (Å²) in [6.45, 7) is 0.979. The quantitative estimate of drug-likeness (QED) is 0.570. The van der Waals surface area contributed by atoms with Crippen LogP contribution >= 0.6 is 0 Å². The Morgan fingerprint density at radius 1 is 1.25 bits per heavy atom. The third-order valence-electron chi connectivity index (χ3n) is 3.84. The summed E-state index contributed by atoms with van der Waals surface area (Å²) in [5.74, 6) is 0. The summed E-state index contributed by atoms with van der Waals surface area (Å²) in [5.41, 5.74) is 2.04. The fraction of sp³-hybridized carbons (Fsp3) is 0.727. The van der Waals surface area contributed by atoms with Gasteiger partial charge in [-0.3, -0.25) is 4.90 Å². The van der Waals surface area contributed by atoms with E-state index in [4.69, 9.17) is 4.74 Å². The summed E-state index contributed by atoms with van der Waals surface area (Å²) in [6.07, 6.45) is 0.324. The van der Waals surface area contributed by atoms with Gasteiger partial charge in [-0.1, -0.05) is 0 Å². The molecule has 3 atom stereocenters. The first-order valence-corrected chi connectivity index (χ1v) is 5.70. The highest BCUT2D eigenvalue weighted by Crippen LogP contribution is 2.37. The molecule has 0 spiro atoms. The van der Waals surface area contributed by atoms with Gasteiger partial charge in [0.15, 0.2) is 0 Å². The molecule has 2 aliphatic heterocycles. The molecule has 5 nitrogen and oxygen atoms in total. The SMILES string of the molecule is O=C1OCC2C3=C(CCN12)C(O)C(O)CC3. The molecule has 0 bridgehead atoms. The van der Waals surface area contributed by atoms with Crippen molar-refractivity contribution in [3.05, 3.63) is 11.1 Å². The summed E-state index contributed by atoms with van der Waals surface area (Å²) >= 11 is 0. The number of amides is 1. The zero-order valence-electron chi connectivity index (χ0n) is 8.93. The van der Waals surface area contributed by atoms with E-state index in [-0.39, 0.29) is 12.1 Å². The Morgan fingerprint density at radius 3 is 2.88 bits per heavy atom. The number of carbonyl (C=O) groups excluding carboxylic acids is 1. The maximum atomic E-state index is 11.4. The van der Waals surface area contributed by atoms with E-state index in [0.717, 1.165) is 17.6 Å². The van der Waals surface area contributed by atoms with Crippen molar-refractivity contribution in [3.63, 3.8) is 0 Å². The Kier molecular flexibility index (Phi) is 2.19. The molecule has 1 fully saturated rings. The van der Waals surface area contributed by atoms with Crippen LogP contribution in [-0.2, 0) is 4.74 Å². The van der Waals surface area contributed by atoms with Crippen LogP contribution in [0.3, 0.4) is 0 Å². The summed E-state index contributed by atoms with van der Waals surface area (Å²) in [5, 5.41) is 19.5. The lowest BCUT2D eigenvalue weighted by Gasteiger charge is -2.38. The van der Waals surface area contributed by atoms with E-state index in [1.807, 2.05) is 0 Å². The molecule has 16 heavy (non-hydrogen) atoms. The Bertz CT molecular complexity index is 365. The number of ether oxygens (including phenoxy) is 1. The minimum Gasteiger partial charge on any atom is -0.447 e. The topological polar surface area (TPSA) is 70.0 Å². The second kappa shape index (κ2) is 3.46. The van der Waals surface area contributed by atoms with Crippen molar-refractivity contribution in [1.29, 1.82) is 0 Å². The lowest BCUT2D eigenvalue weighted by Crippen LogP contribution is -2.45. The van der Waals surface area contributed by atoms with Crippen LogP contribution in [0.2, 0.25) is 0 Å². The maximum absolute atomic E-state index is 11.4. The molecule has 0 saturated carbocycles. The fourth-order valence-corrected chi connectivity index (χ4v) is 2.96. The molecule has 2 N–H and O–H groups in total. The predicted molar refractivity (Wildman–Crippen MR) is 54.7 cm³/mol. The van der Waals surface area contributed by atoms with Gasteiger partial charge in [0.2, 0.25) is 0 Å². The number of rotatable bonds is 0. The van der Waals surface area contributed by atoms with Gasteiger partial charge in [0.1, 0.15) is 12.7 Å². The number of cyclic esters (lactones) is 1. The minimum absolute atomic E-state index is 0.00148. The summed E-state index contributed by atoms with van der Waals surface area (Å²) < 4.78 is 5.02. The average Bonchev–Trinajstić information content (AvgIpc) is 2.66. The van der Waals surface area contributed by atoms with Crippen LogP contribution in [0.1, 0.15) is 19.3 Å². The highest BCUT2D eigenvalue weighted by Gasteiger charge is 2.43. The molecular weight excluding hydrogens is 210 g/mol. The van der Waals surface area contributed by atoms with Gasteiger partial charge in [-0.05, 0) is 30.4 Å². The first-order chi connectivity index (χ1) is 7.68. The van der Waals surface area contributed by atoms with E-state index >= 15 is 0 Å². The van der Waals surface area contributed by atoms with Crippen molar-refractivity contribution >= 4 is 6.09 Å². The van der Waals surface area contributed by atoms with E-state index < -0.39 is 12.2 Å². The molecule has 1 aliphatic carbocycles. The van der Waals surface area contributed by atoms with E-state index in [1.54, 1.807) is 4.90 Å². The van der Waals surface area contributed by atoms with Crippen LogP contribution in [0, 0.1) is 0 Å². The number of fused-ring (bicyclic) bond motifs is 2. The number of nitrogens with zero attached hydrogens (tertiary/aromatic N) is 1.